The summed E-state index contributed by atoms with van der Waals surface area (Å²) < 4.78 is 5.13. The first-order valence-corrected chi connectivity index (χ1v) is 7.06. The predicted molar refractivity (Wildman–Crippen MR) is 81.2 cm³/mol. The van der Waals surface area contributed by atoms with Crippen molar-refractivity contribution in [2.75, 3.05) is 0 Å². The number of amides is 1. The van der Waals surface area contributed by atoms with Crippen LogP contribution < -0.4 is 10.9 Å². The molecule has 0 spiro atoms. The molecule has 0 aliphatic rings. The van der Waals surface area contributed by atoms with Gasteiger partial charge in [0.25, 0.3) is 0 Å². The molecule has 0 aromatic heterocycles. The third kappa shape index (κ3) is 7.14. The van der Waals surface area contributed by atoms with E-state index >= 15 is 0 Å². The minimum atomic E-state index is -0.482. The van der Waals surface area contributed by atoms with Crippen LogP contribution in [0.1, 0.15) is 45.7 Å². The third-order valence-electron chi connectivity index (χ3n) is 2.55. The van der Waals surface area contributed by atoms with Crippen LogP contribution in [0.5, 0.6) is 0 Å². The number of hydrazine groups is 1. The molecule has 0 saturated heterocycles. The van der Waals surface area contributed by atoms with Crippen molar-refractivity contribution in [3.63, 3.8) is 0 Å². The number of carbonyl (C=O) groups excluding carboxylic acids is 1. The molecule has 0 heterocycles. The number of rotatable bonds is 5. The van der Waals surface area contributed by atoms with Crippen molar-refractivity contribution in [2.45, 2.75) is 53.2 Å². The Balaban J connectivity index is 2.33. The lowest BCUT2D eigenvalue weighted by Crippen LogP contribution is -2.40. The van der Waals surface area contributed by atoms with Crippen LogP contribution in [0.4, 0.5) is 4.79 Å². The van der Waals surface area contributed by atoms with Gasteiger partial charge in [0.05, 0.1) is 0 Å². The van der Waals surface area contributed by atoms with Crippen molar-refractivity contribution in [3.05, 3.63) is 35.4 Å². The molecule has 4 nitrogen and oxygen atoms in total. The van der Waals surface area contributed by atoms with Gasteiger partial charge in [0.15, 0.2) is 0 Å². The SMILES string of the molecule is CC(C)Cc1ccc(CNNC(=O)OC(C)(C)C)cc1. The van der Waals surface area contributed by atoms with Crippen LogP contribution in [0.15, 0.2) is 24.3 Å². The van der Waals surface area contributed by atoms with Crippen LogP contribution in [0.2, 0.25) is 0 Å². The first kappa shape index (κ1) is 16.5. The summed E-state index contributed by atoms with van der Waals surface area (Å²) in [5.41, 5.74) is 7.36. The Bertz CT molecular complexity index is 419. The van der Waals surface area contributed by atoms with Crippen molar-refractivity contribution >= 4 is 6.09 Å². The summed E-state index contributed by atoms with van der Waals surface area (Å²) in [7, 11) is 0. The maximum absolute atomic E-state index is 11.4. The molecule has 0 aliphatic carbocycles. The highest BCUT2D eigenvalue weighted by Gasteiger charge is 2.15. The number of hydrogen-bond acceptors (Lipinski definition) is 3. The van der Waals surface area contributed by atoms with Crippen LogP contribution >= 0.6 is 0 Å². The highest BCUT2D eigenvalue weighted by molar-refractivity contribution is 5.66. The van der Waals surface area contributed by atoms with Gasteiger partial charge >= 0.3 is 6.09 Å². The number of hydrogen-bond donors (Lipinski definition) is 2. The normalized spacial score (nSPS) is 11.5. The van der Waals surface area contributed by atoms with Crippen molar-refractivity contribution < 1.29 is 9.53 Å². The Morgan fingerprint density at radius 2 is 1.70 bits per heavy atom. The average Bonchev–Trinajstić information content (AvgIpc) is 2.28. The largest absolute Gasteiger partial charge is 0.443 e. The zero-order valence-corrected chi connectivity index (χ0v) is 13.1. The van der Waals surface area contributed by atoms with E-state index in [0.717, 1.165) is 12.0 Å². The van der Waals surface area contributed by atoms with Gasteiger partial charge in [-0.1, -0.05) is 38.1 Å². The zero-order chi connectivity index (χ0) is 15.2. The standard InChI is InChI=1S/C16H26N2O2/c1-12(2)10-13-6-8-14(9-7-13)11-17-18-15(19)20-16(3,4)5/h6-9,12,17H,10-11H2,1-5H3,(H,18,19). The van der Waals surface area contributed by atoms with Gasteiger partial charge in [0.1, 0.15) is 5.60 Å². The van der Waals surface area contributed by atoms with Gasteiger partial charge in [0, 0.05) is 6.54 Å². The monoisotopic (exact) mass is 278 g/mol. The lowest BCUT2D eigenvalue weighted by atomic mass is 10.0. The molecule has 0 atom stereocenters. The van der Waals surface area contributed by atoms with Crippen LogP contribution in [0.25, 0.3) is 0 Å². The van der Waals surface area contributed by atoms with E-state index in [1.807, 2.05) is 20.8 Å². The first-order chi connectivity index (χ1) is 9.26. The van der Waals surface area contributed by atoms with Crippen LogP contribution in [-0.2, 0) is 17.7 Å². The highest BCUT2D eigenvalue weighted by Crippen LogP contribution is 2.09. The smallest absolute Gasteiger partial charge is 0.422 e. The average molecular weight is 278 g/mol. The van der Waals surface area contributed by atoms with E-state index in [2.05, 4.69) is 49.0 Å². The molecule has 1 amide bonds. The van der Waals surface area contributed by atoms with E-state index in [1.165, 1.54) is 5.56 Å². The molecule has 0 aliphatic heterocycles. The summed E-state index contributed by atoms with van der Waals surface area (Å²) in [6.07, 6.45) is 0.623. The fourth-order valence-corrected chi connectivity index (χ4v) is 1.79. The zero-order valence-electron chi connectivity index (χ0n) is 13.1. The maximum Gasteiger partial charge on any atom is 0.422 e. The van der Waals surface area contributed by atoms with E-state index in [9.17, 15) is 4.79 Å². The molecule has 112 valence electrons. The van der Waals surface area contributed by atoms with E-state index in [1.54, 1.807) is 0 Å². The third-order valence-corrected chi connectivity index (χ3v) is 2.55. The van der Waals surface area contributed by atoms with Gasteiger partial charge in [-0.05, 0) is 44.2 Å². The number of benzene rings is 1. The van der Waals surface area contributed by atoms with Crippen LogP contribution in [-0.4, -0.2) is 11.7 Å². The Morgan fingerprint density at radius 1 is 1.15 bits per heavy atom. The van der Waals surface area contributed by atoms with Gasteiger partial charge in [0.2, 0.25) is 0 Å². The maximum atomic E-state index is 11.4. The molecule has 1 rings (SSSR count). The van der Waals surface area contributed by atoms with E-state index < -0.39 is 11.7 Å². The Hall–Kier alpha value is -1.55. The summed E-state index contributed by atoms with van der Waals surface area (Å²) in [4.78, 5) is 11.4. The second-order valence-electron chi connectivity index (χ2n) is 6.39. The molecule has 0 fully saturated rings. The predicted octanol–water partition coefficient (Wildman–Crippen LogP) is 3.41. The van der Waals surface area contributed by atoms with Crippen LogP contribution in [0.3, 0.4) is 0 Å². The van der Waals surface area contributed by atoms with Gasteiger partial charge in [-0.2, -0.15) is 0 Å². The topological polar surface area (TPSA) is 50.4 Å². The second kappa shape index (κ2) is 7.29. The number of carbonyl (C=O) groups is 1. The summed E-state index contributed by atoms with van der Waals surface area (Å²) in [5.74, 6) is 0.660. The summed E-state index contributed by atoms with van der Waals surface area (Å²) in [6.45, 7) is 10.5. The van der Waals surface area contributed by atoms with Crippen molar-refractivity contribution in [1.82, 2.24) is 10.9 Å². The Labute approximate surface area is 121 Å². The summed E-state index contributed by atoms with van der Waals surface area (Å²) >= 11 is 0. The van der Waals surface area contributed by atoms with Crippen LogP contribution in [0, 0.1) is 5.92 Å². The highest BCUT2D eigenvalue weighted by atomic mass is 16.6. The molecule has 0 unspecified atom stereocenters. The molecular formula is C16H26N2O2. The molecular weight excluding hydrogens is 252 g/mol. The van der Waals surface area contributed by atoms with Crippen molar-refractivity contribution in [3.8, 4) is 0 Å². The molecule has 0 saturated carbocycles. The quantitative estimate of drug-likeness (QED) is 0.811. The molecule has 0 radical (unpaired) electrons. The first-order valence-electron chi connectivity index (χ1n) is 7.06. The second-order valence-corrected chi connectivity index (χ2v) is 6.39. The van der Waals surface area contributed by atoms with Crippen molar-refractivity contribution in [2.24, 2.45) is 5.92 Å². The summed E-state index contributed by atoms with van der Waals surface area (Å²) in [6, 6.07) is 8.40. The molecule has 1 aromatic carbocycles. The van der Waals surface area contributed by atoms with Gasteiger partial charge in [-0.25, -0.2) is 10.2 Å². The van der Waals surface area contributed by atoms with Gasteiger partial charge < -0.3 is 4.74 Å². The number of nitrogens with one attached hydrogen (secondary N) is 2. The minimum absolute atomic E-state index is 0.464. The Kier molecular flexibility index (Phi) is 6.02. The van der Waals surface area contributed by atoms with Gasteiger partial charge in [-0.3, -0.25) is 5.43 Å². The molecule has 20 heavy (non-hydrogen) atoms. The molecule has 0 bridgehead atoms. The number of ether oxygens (including phenoxy) is 1. The lowest BCUT2D eigenvalue weighted by molar-refractivity contribution is 0.0497. The van der Waals surface area contributed by atoms with E-state index in [4.69, 9.17) is 4.74 Å². The molecule has 1 aromatic rings. The minimum Gasteiger partial charge on any atom is -0.443 e. The van der Waals surface area contributed by atoms with E-state index in [0.29, 0.717) is 12.5 Å². The molecule has 4 heteroatoms. The van der Waals surface area contributed by atoms with Gasteiger partial charge in [-0.15, -0.1) is 0 Å². The van der Waals surface area contributed by atoms with E-state index in [-0.39, 0.29) is 0 Å². The summed E-state index contributed by atoms with van der Waals surface area (Å²) in [5, 5.41) is 0. The lowest BCUT2D eigenvalue weighted by Gasteiger charge is -2.19. The fraction of sp³-hybridized carbons (Fsp3) is 0.562. The molecule has 2 N–H and O–H groups in total. The Morgan fingerprint density at radius 3 is 2.20 bits per heavy atom. The van der Waals surface area contributed by atoms with Crippen molar-refractivity contribution in [1.29, 1.82) is 0 Å². The fourth-order valence-electron chi connectivity index (χ4n) is 1.79.